The van der Waals surface area contributed by atoms with E-state index in [-0.39, 0.29) is 6.79 Å². The average molecular weight is 465 g/mol. The molecular formula is C9H29O8PSi6. The van der Waals surface area contributed by atoms with E-state index in [9.17, 15) is 0 Å². The van der Waals surface area contributed by atoms with E-state index in [1.165, 1.54) is 0 Å². The van der Waals surface area contributed by atoms with Gasteiger partial charge >= 0.3 is 27.6 Å². The first-order valence-corrected chi connectivity index (χ1v) is 24.0. The molecule has 3 saturated heterocycles. The number of hydrogen-bond donors (Lipinski definition) is 0. The van der Waals surface area contributed by atoms with Gasteiger partial charge in [0.15, 0.2) is 16.6 Å². The van der Waals surface area contributed by atoms with E-state index in [1.54, 1.807) is 0 Å². The van der Waals surface area contributed by atoms with E-state index in [0.717, 1.165) is 0 Å². The first-order valence-electron chi connectivity index (χ1n) is 7.82. The van der Waals surface area contributed by atoms with E-state index >= 15 is 0 Å². The molecule has 3 heterocycles. The Morgan fingerprint density at radius 3 is 1.75 bits per heavy atom. The summed E-state index contributed by atoms with van der Waals surface area (Å²) in [4.78, 5) is 0. The van der Waals surface area contributed by atoms with Crippen LogP contribution in [0.25, 0.3) is 0 Å². The van der Waals surface area contributed by atoms with Gasteiger partial charge in [0.1, 0.15) is 6.79 Å². The van der Waals surface area contributed by atoms with Gasteiger partial charge in [-0.15, -0.1) is 8.79 Å². The summed E-state index contributed by atoms with van der Waals surface area (Å²) in [5, 5.41) is 0. The minimum Gasteiger partial charge on any atom is -0.396 e. The molecule has 0 radical (unpaired) electrons. The Bertz CT molecular complexity index is 426. The fourth-order valence-electron chi connectivity index (χ4n) is 1.83. The zero-order valence-corrected chi connectivity index (χ0v) is 22.9. The van der Waals surface area contributed by atoms with Gasteiger partial charge in [-0.05, 0) is 52.4 Å². The van der Waals surface area contributed by atoms with Crippen molar-refractivity contribution >= 4 is 61.0 Å². The first kappa shape index (κ1) is 21.7. The Morgan fingerprint density at radius 2 is 1.33 bits per heavy atom. The topological polar surface area (TPSA) is 73.8 Å². The smallest absolute Gasteiger partial charge is 0.396 e. The van der Waals surface area contributed by atoms with Crippen LogP contribution in [0.15, 0.2) is 0 Å². The maximum atomic E-state index is 6.07. The Balaban J connectivity index is 2.03. The summed E-state index contributed by atoms with van der Waals surface area (Å²) >= 11 is 0. The summed E-state index contributed by atoms with van der Waals surface area (Å²) in [6, 6.07) is 0. The number of fused-ring (bicyclic) bond motifs is 2. The molecule has 0 N–H and O–H groups in total. The van der Waals surface area contributed by atoms with E-state index < -0.39 is 52.2 Å². The van der Waals surface area contributed by atoms with Gasteiger partial charge in [0.2, 0.25) is 7.98 Å². The van der Waals surface area contributed by atoms with Crippen molar-refractivity contribution in [3.8, 4) is 0 Å². The Morgan fingerprint density at radius 1 is 0.833 bits per heavy atom. The summed E-state index contributed by atoms with van der Waals surface area (Å²) in [5.41, 5.74) is 0. The molecule has 2 unspecified atom stereocenters. The molecule has 0 spiro atoms. The van der Waals surface area contributed by atoms with Crippen LogP contribution in [0, 0.1) is 0 Å². The quantitative estimate of drug-likeness (QED) is 0.306. The number of rotatable bonds is 8. The lowest BCUT2D eigenvalue weighted by molar-refractivity contribution is -0.0881. The molecule has 3 fully saturated rings. The molecule has 0 aromatic rings. The molecule has 0 aromatic carbocycles. The van der Waals surface area contributed by atoms with Crippen molar-refractivity contribution < 1.29 is 33.5 Å². The van der Waals surface area contributed by atoms with Crippen LogP contribution in [-0.2, 0) is 33.5 Å². The molecule has 0 amide bonds. The van der Waals surface area contributed by atoms with Gasteiger partial charge in [0, 0.05) is 0 Å². The van der Waals surface area contributed by atoms with Crippen LogP contribution < -0.4 is 0 Å². The van der Waals surface area contributed by atoms with Gasteiger partial charge in [-0.1, -0.05) is 0 Å². The standard InChI is InChI=1S/C9H29O8PSi6/c1-20(2,3)11-9-10-19-12-23(14-21(4,5)6)16-24(13-19,17-23)15-22(7,8)18/h19H,9,18H2,1-8H3. The fourth-order valence-corrected chi connectivity index (χ4v) is 20.9. The Labute approximate surface area is 153 Å². The molecule has 8 nitrogen and oxygen atoms in total. The van der Waals surface area contributed by atoms with Crippen LogP contribution >= 0.6 is 8.79 Å². The van der Waals surface area contributed by atoms with Crippen molar-refractivity contribution in [2.45, 2.75) is 52.4 Å². The monoisotopic (exact) mass is 464 g/mol. The van der Waals surface area contributed by atoms with Crippen LogP contribution in [0.4, 0.5) is 0 Å². The fraction of sp³-hybridized carbons (Fsp3) is 1.00. The van der Waals surface area contributed by atoms with Crippen LogP contribution in [0.3, 0.4) is 0 Å². The highest BCUT2D eigenvalue weighted by Crippen LogP contribution is 2.43. The highest BCUT2D eigenvalue weighted by atomic mass is 31.3. The molecule has 0 aliphatic carbocycles. The molecule has 3 aliphatic rings. The van der Waals surface area contributed by atoms with Crippen LogP contribution in [0.2, 0.25) is 52.4 Å². The third-order valence-corrected chi connectivity index (χ3v) is 19.4. The van der Waals surface area contributed by atoms with E-state index in [1.807, 2.05) is 13.1 Å². The zero-order chi connectivity index (χ0) is 18.4. The second kappa shape index (κ2) is 7.10. The second-order valence-corrected chi connectivity index (χ2v) is 32.4. The average Bonchev–Trinajstić information content (AvgIpc) is 2.18. The second-order valence-electron chi connectivity index (χ2n) is 8.19. The molecule has 0 saturated carbocycles. The molecule has 0 aromatic heterocycles. The molecule has 3 aliphatic heterocycles. The van der Waals surface area contributed by atoms with E-state index in [2.05, 4.69) is 48.1 Å². The largest absolute Gasteiger partial charge is 0.649 e. The lowest BCUT2D eigenvalue weighted by atomic mass is 11.6. The van der Waals surface area contributed by atoms with E-state index in [4.69, 9.17) is 33.5 Å². The molecular weight excluding hydrogens is 436 g/mol. The minimum absolute atomic E-state index is 0.149. The number of hydrogen-bond acceptors (Lipinski definition) is 8. The molecule has 2 bridgehead atoms. The van der Waals surface area contributed by atoms with Gasteiger partial charge in [-0.25, -0.2) is 0 Å². The van der Waals surface area contributed by atoms with Crippen molar-refractivity contribution in [1.29, 1.82) is 0 Å². The summed E-state index contributed by atoms with van der Waals surface area (Å²) in [7, 11) is -11.7. The highest BCUT2D eigenvalue weighted by molar-refractivity contribution is 7.67. The van der Waals surface area contributed by atoms with Crippen LogP contribution in [-0.4, -0.2) is 59.0 Å². The SMILES string of the molecule is C[Si](C)(C)OCO[SiH]1O[Si]2(O[Si](C)(C)C)O[Si](O[Si](C)(C)P)(O1)O2. The molecule has 2 atom stereocenters. The van der Waals surface area contributed by atoms with E-state index in [0.29, 0.717) is 0 Å². The van der Waals surface area contributed by atoms with Gasteiger partial charge in [0.05, 0.1) is 0 Å². The summed E-state index contributed by atoms with van der Waals surface area (Å²) in [6.07, 6.45) is 0. The molecule has 24 heavy (non-hydrogen) atoms. The third kappa shape index (κ3) is 6.54. The summed E-state index contributed by atoms with van der Waals surface area (Å²) in [5.74, 6) is 0. The predicted molar refractivity (Wildman–Crippen MR) is 106 cm³/mol. The Kier molecular flexibility index (Phi) is 6.42. The lowest BCUT2D eigenvalue weighted by Crippen LogP contribution is -2.85. The third-order valence-electron chi connectivity index (χ3n) is 2.50. The highest BCUT2D eigenvalue weighted by Gasteiger charge is 2.80. The van der Waals surface area contributed by atoms with Crippen molar-refractivity contribution in [2.24, 2.45) is 0 Å². The van der Waals surface area contributed by atoms with Gasteiger partial charge in [-0.2, -0.15) is 0 Å². The first-order chi connectivity index (χ1) is 10.6. The van der Waals surface area contributed by atoms with Crippen LogP contribution in [0.1, 0.15) is 0 Å². The van der Waals surface area contributed by atoms with Crippen molar-refractivity contribution in [3.63, 3.8) is 0 Å². The molecule has 3 rings (SSSR count). The van der Waals surface area contributed by atoms with Crippen LogP contribution in [0.5, 0.6) is 0 Å². The predicted octanol–water partition coefficient (Wildman–Crippen LogP) is 1.94. The summed E-state index contributed by atoms with van der Waals surface area (Å²) in [6.45, 7) is 16.7. The molecule has 142 valence electrons. The molecule has 15 heteroatoms. The normalized spacial score (nSPS) is 34.1. The summed E-state index contributed by atoms with van der Waals surface area (Å²) < 4.78 is 47.1. The van der Waals surface area contributed by atoms with Crippen molar-refractivity contribution in [1.82, 2.24) is 0 Å². The lowest BCUT2D eigenvalue weighted by Gasteiger charge is -2.55. The van der Waals surface area contributed by atoms with Gasteiger partial charge < -0.3 is 33.5 Å². The van der Waals surface area contributed by atoms with Gasteiger partial charge in [-0.3, -0.25) is 0 Å². The Hall–Kier alpha value is 1.41. The van der Waals surface area contributed by atoms with Crippen molar-refractivity contribution in [2.75, 3.05) is 6.79 Å². The zero-order valence-electron chi connectivity index (χ0n) is 15.6. The maximum Gasteiger partial charge on any atom is 0.649 e. The van der Waals surface area contributed by atoms with Crippen molar-refractivity contribution in [3.05, 3.63) is 0 Å². The maximum absolute atomic E-state index is 6.07. The minimum atomic E-state index is -3.19. The van der Waals surface area contributed by atoms with Gasteiger partial charge in [0.25, 0.3) is 0 Å².